The van der Waals surface area contributed by atoms with Crippen molar-refractivity contribution in [2.45, 2.75) is 58.1 Å². The van der Waals surface area contributed by atoms with E-state index in [9.17, 15) is 4.79 Å². The van der Waals surface area contributed by atoms with Gasteiger partial charge in [0, 0.05) is 18.7 Å². The maximum absolute atomic E-state index is 12.8. The first-order chi connectivity index (χ1) is 11.6. The molecule has 0 spiro atoms. The number of benzene rings is 1. The number of amides is 1. The third-order valence-electron chi connectivity index (χ3n) is 6.85. The van der Waals surface area contributed by atoms with Crippen molar-refractivity contribution in [1.29, 1.82) is 0 Å². The van der Waals surface area contributed by atoms with E-state index in [1.165, 1.54) is 38.5 Å². The van der Waals surface area contributed by atoms with E-state index < -0.39 is 0 Å². The minimum absolute atomic E-state index is 0.0659. The van der Waals surface area contributed by atoms with Crippen molar-refractivity contribution in [2.24, 2.45) is 23.2 Å². The van der Waals surface area contributed by atoms with E-state index in [1.54, 1.807) is 7.11 Å². The fourth-order valence-electron chi connectivity index (χ4n) is 6.11. The molecule has 0 unspecified atom stereocenters. The number of carbonyl (C=O) groups is 1. The van der Waals surface area contributed by atoms with Gasteiger partial charge in [0.1, 0.15) is 0 Å². The van der Waals surface area contributed by atoms with Crippen molar-refractivity contribution in [2.75, 3.05) is 7.11 Å². The van der Waals surface area contributed by atoms with Crippen LogP contribution in [0, 0.1) is 23.2 Å². The number of carbonyl (C=O) groups excluding carboxylic acids is 1. The highest BCUT2D eigenvalue weighted by atomic mass is 16.5. The van der Waals surface area contributed by atoms with Gasteiger partial charge in [0.15, 0.2) is 0 Å². The van der Waals surface area contributed by atoms with E-state index in [4.69, 9.17) is 4.74 Å². The van der Waals surface area contributed by atoms with Gasteiger partial charge in [-0.15, -0.1) is 0 Å². The molecule has 4 saturated carbocycles. The van der Waals surface area contributed by atoms with Crippen molar-refractivity contribution in [3.63, 3.8) is 0 Å². The lowest BCUT2D eigenvalue weighted by molar-refractivity contribution is -0.0688. The van der Waals surface area contributed by atoms with Crippen molar-refractivity contribution in [3.8, 4) is 0 Å². The largest absolute Gasteiger partial charge is 0.380 e. The molecule has 3 nitrogen and oxygen atoms in total. The highest BCUT2D eigenvalue weighted by Crippen LogP contribution is 2.61. The molecule has 4 aliphatic carbocycles. The highest BCUT2D eigenvalue weighted by molar-refractivity contribution is 5.94. The zero-order valence-corrected chi connectivity index (χ0v) is 14.9. The number of methoxy groups -OCH3 is 1. The predicted octanol–water partition coefficient (Wildman–Crippen LogP) is 4.17. The molecule has 130 valence electrons. The lowest BCUT2D eigenvalue weighted by Gasteiger charge is -2.59. The van der Waals surface area contributed by atoms with Gasteiger partial charge in [0.25, 0.3) is 5.91 Å². The Hall–Kier alpha value is -1.35. The molecule has 0 aliphatic heterocycles. The lowest BCUT2D eigenvalue weighted by atomic mass is 9.48. The van der Waals surface area contributed by atoms with E-state index in [-0.39, 0.29) is 11.9 Å². The molecule has 1 aromatic rings. The smallest absolute Gasteiger partial charge is 0.251 e. The van der Waals surface area contributed by atoms with E-state index in [1.807, 2.05) is 24.3 Å². The topological polar surface area (TPSA) is 38.3 Å². The molecule has 0 heterocycles. The fourth-order valence-corrected chi connectivity index (χ4v) is 6.11. The van der Waals surface area contributed by atoms with E-state index >= 15 is 0 Å². The molecule has 3 heteroatoms. The van der Waals surface area contributed by atoms with Crippen molar-refractivity contribution in [3.05, 3.63) is 35.4 Å². The first kappa shape index (κ1) is 16.1. The number of rotatable bonds is 5. The van der Waals surface area contributed by atoms with Gasteiger partial charge in [-0.3, -0.25) is 4.79 Å². The Balaban J connectivity index is 1.47. The summed E-state index contributed by atoms with van der Waals surface area (Å²) in [5, 5.41) is 3.34. The van der Waals surface area contributed by atoms with Gasteiger partial charge in [-0.2, -0.15) is 0 Å². The van der Waals surface area contributed by atoms with Crippen molar-refractivity contribution >= 4 is 5.91 Å². The van der Waals surface area contributed by atoms with Gasteiger partial charge >= 0.3 is 0 Å². The summed E-state index contributed by atoms with van der Waals surface area (Å²) in [7, 11) is 1.68. The SMILES string of the molecule is COCc1cccc(C(=O)N[C@@H](C)C23CC4CC(CC(C4)C2)C3)c1. The van der Waals surface area contributed by atoms with Gasteiger partial charge < -0.3 is 10.1 Å². The Morgan fingerprint density at radius 1 is 1.21 bits per heavy atom. The normalized spacial score (nSPS) is 35.0. The Bertz CT molecular complexity index is 589. The molecule has 4 bridgehead atoms. The fraction of sp³-hybridized carbons (Fsp3) is 0.667. The Morgan fingerprint density at radius 3 is 2.42 bits per heavy atom. The number of hydrogen-bond acceptors (Lipinski definition) is 2. The molecule has 1 atom stereocenters. The Labute approximate surface area is 145 Å². The minimum Gasteiger partial charge on any atom is -0.380 e. The molecule has 24 heavy (non-hydrogen) atoms. The van der Waals surface area contributed by atoms with Gasteiger partial charge in [-0.25, -0.2) is 0 Å². The average molecular weight is 327 g/mol. The van der Waals surface area contributed by atoms with Crippen LogP contribution in [0.25, 0.3) is 0 Å². The van der Waals surface area contributed by atoms with Crippen LogP contribution in [0.2, 0.25) is 0 Å². The zero-order valence-electron chi connectivity index (χ0n) is 14.9. The molecule has 1 aromatic carbocycles. The van der Waals surface area contributed by atoms with Crippen LogP contribution in [-0.2, 0) is 11.3 Å². The summed E-state index contributed by atoms with van der Waals surface area (Å²) in [5.74, 6) is 2.82. The van der Waals surface area contributed by atoms with Gasteiger partial charge in [-0.1, -0.05) is 12.1 Å². The van der Waals surface area contributed by atoms with E-state index in [0.29, 0.717) is 12.0 Å². The van der Waals surface area contributed by atoms with Crippen LogP contribution >= 0.6 is 0 Å². The standard InChI is InChI=1S/C21H29NO2/c1-14(21-10-16-6-17(11-21)8-18(7-16)12-21)22-20(23)19-5-3-4-15(9-19)13-24-2/h3-5,9,14,16-18H,6-8,10-13H2,1-2H3,(H,22,23)/t14-,16?,17?,18?,21?/m0/s1. The molecule has 1 N–H and O–H groups in total. The van der Waals surface area contributed by atoms with Gasteiger partial charge in [0.05, 0.1) is 6.61 Å². The summed E-state index contributed by atoms with van der Waals surface area (Å²) in [6.07, 6.45) is 8.30. The van der Waals surface area contributed by atoms with Crippen LogP contribution in [0.15, 0.2) is 24.3 Å². The zero-order chi connectivity index (χ0) is 16.7. The van der Waals surface area contributed by atoms with Crippen LogP contribution < -0.4 is 5.32 Å². The van der Waals surface area contributed by atoms with Crippen molar-refractivity contribution < 1.29 is 9.53 Å². The first-order valence-corrected chi connectivity index (χ1v) is 9.47. The van der Waals surface area contributed by atoms with Crippen LogP contribution in [0.1, 0.15) is 61.4 Å². The third kappa shape index (κ3) is 2.88. The maximum Gasteiger partial charge on any atom is 0.251 e. The van der Waals surface area contributed by atoms with Crippen LogP contribution in [0.4, 0.5) is 0 Å². The quantitative estimate of drug-likeness (QED) is 0.881. The summed E-state index contributed by atoms with van der Waals surface area (Å²) in [6, 6.07) is 8.07. The Morgan fingerprint density at radius 2 is 1.83 bits per heavy atom. The molecule has 4 aliphatic rings. The lowest BCUT2D eigenvalue weighted by Crippen LogP contribution is -2.55. The van der Waals surface area contributed by atoms with Crippen molar-refractivity contribution in [1.82, 2.24) is 5.32 Å². The second-order valence-corrected chi connectivity index (χ2v) is 8.61. The second kappa shape index (κ2) is 6.18. The average Bonchev–Trinajstić information content (AvgIpc) is 2.54. The van der Waals surface area contributed by atoms with Crippen LogP contribution in [-0.4, -0.2) is 19.1 Å². The van der Waals surface area contributed by atoms with Gasteiger partial charge in [0.2, 0.25) is 0 Å². The van der Waals surface area contributed by atoms with Crippen LogP contribution in [0.3, 0.4) is 0 Å². The summed E-state index contributed by atoms with van der Waals surface area (Å²) < 4.78 is 5.18. The summed E-state index contributed by atoms with van der Waals surface area (Å²) >= 11 is 0. The molecule has 0 aromatic heterocycles. The van der Waals surface area contributed by atoms with Crippen LogP contribution in [0.5, 0.6) is 0 Å². The molecule has 4 fully saturated rings. The summed E-state index contributed by atoms with van der Waals surface area (Å²) in [4.78, 5) is 12.8. The highest BCUT2D eigenvalue weighted by Gasteiger charge is 2.53. The maximum atomic E-state index is 12.8. The van der Waals surface area contributed by atoms with Gasteiger partial charge in [-0.05, 0) is 86.3 Å². The molecule has 5 rings (SSSR count). The third-order valence-corrected chi connectivity index (χ3v) is 6.85. The minimum atomic E-state index is 0.0659. The molecule has 1 amide bonds. The first-order valence-electron chi connectivity index (χ1n) is 9.47. The monoisotopic (exact) mass is 327 g/mol. The summed E-state index contributed by atoms with van der Waals surface area (Å²) in [5.41, 5.74) is 2.16. The van der Waals surface area contributed by atoms with E-state index in [2.05, 4.69) is 12.2 Å². The molecular formula is C21H29NO2. The summed E-state index contributed by atoms with van der Waals surface area (Å²) in [6.45, 7) is 2.79. The Kier molecular flexibility index (Phi) is 4.16. The molecular weight excluding hydrogens is 298 g/mol. The molecule has 0 saturated heterocycles. The number of ether oxygens (including phenoxy) is 1. The second-order valence-electron chi connectivity index (χ2n) is 8.61. The number of hydrogen-bond donors (Lipinski definition) is 1. The number of nitrogens with one attached hydrogen (secondary N) is 1. The predicted molar refractivity (Wildman–Crippen MR) is 94.7 cm³/mol. The van der Waals surface area contributed by atoms with E-state index in [0.717, 1.165) is 28.9 Å². The molecule has 0 radical (unpaired) electrons.